The molecule has 6 heteroatoms. The van der Waals surface area contributed by atoms with Crippen molar-refractivity contribution in [2.24, 2.45) is 0 Å². The van der Waals surface area contributed by atoms with Crippen molar-refractivity contribution in [1.82, 2.24) is 4.90 Å². The fourth-order valence-corrected chi connectivity index (χ4v) is 4.73. The van der Waals surface area contributed by atoms with Crippen molar-refractivity contribution < 1.29 is 13.2 Å². The van der Waals surface area contributed by atoms with Crippen LogP contribution in [0.25, 0.3) is 0 Å². The molecule has 0 aliphatic carbocycles. The minimum Gasteiger partial charge on any atom is -0.341 e. The molecule has 0 bridgehead atoms. The van der Waals surface area contributed by atoms with Gasteiger partial charge in [-0.3, -0.25) is 9.10 Å². The van der Waals surface area contributed by atoms with E-state index in [2.05, 4.69) is 0 Å². The molecule has 27 heavy (non-hydrogen) atoms. The fraction of sp³-hybridized carbons (Fsp3) is 0.381. The number of piperidine rings is 1. The monoisotopic (exact) mass is 386 g/mol. The van der Waals surface area contributed by atoms with Gasteiger partial charge in [-0.05, 0) is 55.5 Å². The van der Waals surface area contributed by atoms with Crippen LogP contribution >= 0.6 is 0 Å². The Hall–Kier alpha value is -2.34. The first-order chi connectivity index (χ1) is 13.0. The SMILES string of the molecule is CCc1ccc(N(CC(=O)N2CCCCC2)S(=O)(=O)c2ccccc2)cc1. The van der Waals surface area contributed by atoms with Crippen molar-refractivity contribution in [3.63, 3.8) is 0 Å². The molecule has 0 radical (unpaired) electrons. The highest BCUT2D eigenvalue weighted by Gasteiger charge is 2.29. The second kappa shape index (κ2) is 8.57. The molecule has 5 nitrogen and oxygen atoms in total. The molecule has 1 aliphatic heterocycles. The normalized spacial score (nSPS) is 14.8. The summed E-state index contributed by atoms with van der Waals surface area (Å²) in [5.74, 6) is -0.145. The largest absolute Gasteiger partial charge is 0.341 e. The van der Waals surface area contributed by atoms with Gasteiger partial charge in [0.15, 0.2) is 0 Å². The van der Waals surface area contributed by atoms with Crippen LogP contribution in [0.4, 0.5) is 5.69 Å². The highest BCUT2D eigenvalue weighted by Crippen LogP contribution is 2.25. The predicted molar refractivity (Wildman–Crippen MR) is 107 cm³/mol. The number of carbonyl (C=O) groups excluding carboxylic acids is 1. The van der Waals surface area contributed by atoms with Crippen molar-refractivity contribution in [3.8, 4) is 0 Å². The Kier molecular flexibility index (Phi) is 6.16. The van der Waals surface area contributed by atoms with E-state index in [1.54, 1.807) is 47.4 Å². The van der Waals surface area contributed by atoms with E-state index in [1.165, 1.54) is 4.31 Å². The number of anilines is 1. The summed E-state index contributed by atoms with van der Waals surface area (Å²) >= 11 is 0. The maximum atomic E-state index is 13.3. The third-order valence-corrected chi connectivity index (χ3v) is 6.74. The third kappa shape index (κ3) is 4.50. The second-order valence-electron chi connectivity index (χ2n) is 6.79. The number of benzene rings is 2. The van der Waals surface area contributed by atoms with Gasteiger partial charge < -0.3 is 4.90 Å². The minimum absolute atomic E-state index is 0.145. The lowest BCUT2D eigenvalue weighted by Gasteiger charge is -2.30. The van der Waals surface area contributed by atoms with Gasteiger partial charge in [0.1, 0.15) is 6.54 Å². The Morgan fingerprint density at radius 3 is 2.19 bits per heavy atom. The van der Waals surface area contributed by atoms with Crippen molar-refractivity contribution in [2.45, 2.75) is 37.5 Å². The Morgan fingerprint density at radius 1 is 0.963 bits per heavy atom. The molecule has 0 aromatic heterocycles. The van der Waals surface area contributed by atoms with Crippen LogP contribution in [-0.2, 0) is 21.2 Å². The van der Waals surface area contributed by atoms with Crippen molar-refractivity contribution in [3.05, 3.63) is 60.2 Å². The average Bonchev–Trinajstić information content (AvgIpc) is 2.73. The van der Waals surface area contributed by atoms with Crippen LogP contribution in [0.15, 0.2) is 59.5 Å². The van der Waals surface area contributed by atoms with Crippen LogP contribution in [0, 0.1) is 0 Å². The van der Waals surface area contributed by atoms with Gasteiger partial charge >= 0.3 is 0 Å². The molecule has 2 aromatic rings. The lowest BCUT2D eigenvalue weighted by Crippen LogP contribution is -2.44. The smallest absolute Gasteiger partial charge is 0.264 e. The number of aryl methyl sites for hydroxylation is 1. The van der Waals surface area contributed by atoms with Crippen LogP contribution < -0.4 is 4.31 Å². The zero-order valence-electron chi connectivity index (χ0n) is 15.7. The number of hydrogen-bond donors (Lipinski definition) is 0. The van der Waals surface area contributed by atoms with Crippen molar-refractivity contribution in [1.29, 1.82) is 0 Å². The number of sulfonamides is 1. The molecule has 0 unspecified atom stereocenters. The van der Waals surface area contributed by atoms with E-state index in [9.17, 15) is 13.2 Å². The van der Waals surface area contributed by atoms with Crippen molar-refractivity contribution >= 4 is 21.6 Å². The molecule has 1 aliphatic rings. The Bertz CT molecular complexity index is 858. The van der Waals surface area contributed by atoms with E-state index in [0.29, 0.717) is 18.8 Å². The number of hydrogen-bond acceptors (Lipinski definition) is 3. The zero-order valence-corrected chi connectivity index (χ0v) is 16.5. The number of nitrogens with zero attached hydrogens (tertiary/aromatic N) is 2. The second-order valence-corrected chi connectivity index (χ2v) is 8.65. The number of rotatable bonds is 6. The molecule has 1 amide bonds. The van der Waals surface area contributed by atoms with Crippen LogP contribution in [0.5, 0.6) is 0 Å². The first-order valence-corrected chi connectivity index (χ1v) is 10.9. The van der Waals surface area contributed by atoms with Gasteiger partial charge in [0.2, 0.25) is 5.91 Å². The first kappa shape index (κ1) is 19.4. The Balaban J connectivity index is 1.94. The molecule has 0 spiro atoms. The third-order valence-electron chi connectivity index (χ3n) is 4.95. The zero-order chi connectivity index (χ0) is 19.3. The molecule has 144 valence electrons. The van der Waals surface area contributed by atoms with E-state index in [0.717, 1.165) is 31.2 Å². The standard InChI is InChI=1S/C21H26N2O3S/c1-2-18-11-13-19(14-12-18)23(17-21(24)22-15-7-4-8-16-22)27(25,26)20-9-5-3-6-10-20/h3,5-6,9-14H,2,4,7-8,15-17H2,1H3. The van der Waals surface area contributed by atoms with E-state index in [1.807, 2.05) is 19.1 Å². The maximum absolute atomic E-state index is 13.3. The van der Waals surface area contributed by atoms with Crippen LogP contribution in [0.1, 0.15) is 31.7 Å². The summed E-state index contributed by atoms with van der Waals surface area (Å²) in [6, 6.07) is 15.7. The highest BCUT2D eigenvalue weighted by molar-refractivity contribution is 7.92. The summed E-state index contributed by atoms with van der Waals surface area (Å²) in [5.41, 5.74) is 1.64. The molecule has 0 atom stereocenters. The van der Waals surface area contributed by atoms with Gasteiger partial charge in [-0.15, -0.1) is 0 Å². The summed E-state index contributed by atoms with van der Waals surface area (Å²) in [5, 5.41) is 0. The van der Waals surface area contributed by atoms with Crippen LogP contribution in [0.2, 0.25) is 0 Å². The molecular formula is C21H26N2O3S. The van der Waals surface area contributed by atoms with Gasteiger partial charge in [-0.1, -0.05) is 37.3 Å². The quantitative estimate of drug-likeness (QED) is 0.764. The molecule has 1 saturated heterocycles. The predicted octanol–water partition coefficient (Wildman–Crippen LogP) is 3.46. The lowest BCUT2D eigenvalue weighted by atomic mass is 10.1. The summed E-state index contributed by atoms with van der Waals surface area (Å²) in [6.07, 6.45) is 3.94. The molecule has 2 aromatic carbocycles. The van der Waals surface area contributed by atoms with E-state index < -0.39 is 10.0 Å². The lowest BCUT2D eigenvalue weighted by molar-refractivity contribution is -0.130. The number of likely N-dealkylation sites (tertiary alicyclic amines) is 1. The maximum Gasteiger partial charge on any atom is 0.264 e. The number of carbonyl (C=O) groups is 1. The van der Waals surface area contributed by atoms with Gasteiger partial charge in [0, 0.05) is 13.1 Å². The van der Waals surface area contributed by atoms with Crippen molar-refractivity contribution in [2.75, 3.05) is 23.9 Å². The fourth-order valence-electron chi connectivity index (χ4n) is 3.30. The minimum atomic E-state index is -3.82. The van der Waals surface area contributed by atoms with Gasteiger partial charge in [-0.2, -0.15) is 0 Å². The molecule has 0 N–H and O–H groups in total. The summed E-state index contributed by atoms with van der Waals surface area (Å²) < 4.78 is 27.8. The van der Waals surface area contributed by atoms with E-state index in [-0.39, 0.29) is 17.3 Å². The molecular weight excluding hydrogens is 360 g/mol. The summed E-state index contributed by atoms with van der Waals surface area (Å²) in [4.78, 5) is 14.8. The van der Waals surface area contributed by atoms with Gasteiger partial charge in [0.05, 0.1) is 10.6 Å². The van der Waals surface area contributed by atoms with Gasteiger partial charge in [0.25, 0.3) is 10.0 Å². The topological polar surface area (TPSA) is 57.7 Å². The molecule has 3 rings (SSSR count). The Morgan fingerprint density at radius 2 is 1.59 bits per heavy atom. The van der Waals surface area contributed by atoms with Crippen LogP contribution in [-0.4, -0.2) is 38.9 Å². The average molecular weight is 387 g/mol. The van der Waals surface area contributed by atoms with Gasteiger partial charge in [-0.25, -0.2) is 8.42 Å². The first-order valence-electron chi connectivity index (χ1n) is 9.47. The van der Waals surface area contributed by atoms with E-state index in [4.69, 9.17) is 0 Å². The summed E-state index contributed by atoms with van der Waals surface area (Å²) in [7, 11) is -3.82. The Labute approximate surface area is 161 Å². The highest BCUT2D eigenvalue weighted by atomic mass is 32.2. The molecule has 0 saturated carbocycles. The van der Waals surface area contributed by atoms with E-state index >= 15 is 0 Å². The number of amides is 1. The summed E-state index contributed by atoms with van der Waals surface area (Å²) in [6.45, 7) is 3.27. The molecule has 1 fully saturated rings. The van der Waals surface area contributed by atoms with Crippen LogP contribution in [0.3, 0.4) is 0 Å². The molecule has 1 heterocycles.